The molecular formula is C12H20O5. The predicted octanol–water partition coefficient (Wildman–Crippen LogP) is 2.04. The van der Waals surface area contributed by atoms with Crippen molar-refractivity contribution in [3.63, 3.8) is 0 Å². The molecule has 1 aliphatic heterocycles. The molecule has 17 heavy (non-hydrogen) atoms. The van der Waals surface area contributed by atoms with Crippen LogP contribution in [0.5, 0.6) is 0 Å². The molecule has 0 aromatic rings. The molecule has 0 aromatic heterocycles. The average molecular weight is 244 g/mol. The summed E-state index contributed by atoms with van der Waals surface area (Å²) in [6.45, 7) is 0. The van der Waals surface area contributed by atoms with Gasteiger partial charge in [0.1, 0.15) is 0 Å². The van der Waals surface area contributed by atoms with Crippen LogP contribution >= 0.6 is 0 Å². The highest BCUT2D eigenvalue weighted by Crippen LogP contribution is 2.35. The van der Waals surface area contributed by atoms with Crippen LogP contribution in [0.1, 0.15) is 51.4 Å². The largest absolute Gasteiger partial charge is 0.481 e. The quantitative estimate of drug-likeness (QED) is 0.571. The van der Waals surface area contributed by atoms with Crippen LogP contribution in [0.15, 0.2) is 0 Å². The Bertz CT molecular complexity index is 238. The summed E-state index contributed by atoms with van der Waals surface area (Å²) in [5.41, 5.74) is 0. The van der Waals surface area contributed by atoms with Crippen LogP contribution in [0, 0.1) is 0 Å². The summed E-state index contributed by atoms with van der Waals surface area (Å²) in [5, 5.41) is 16.3. The lowest BCUT2D eigenvalue weighted by Crippen LogP contribution is -2.00. The van der Waals surface area contributed by atoms with Gasteiger partial charge in [0.15, 0.2) is 0 Å². The molecule has 0 amide bonds. The first kappa shape index (κ1) is 14.0. The maximum absolute atomic E-state index is 9.90. The second-order valence-corrected chi connectivity index (χ2v) is 4.49. The lowest BCUT2D eigenvalue weighted by molar-refractivity contribution is -0.139. The fourth-order valence-corrected chi connectivity index (χ4v) is 1.93. The summed E-state index contributed by atoms with van der Waals surface area (Å²) < 4.78 is 5.28. The Morgan fingerprint density at radius 3 is 1.65 bits per heavy atom. The third-order valence-electron chi connectivity index (χ3n) is 2.95. The Balaban J connectivity index is 0.000000177. The number of carboxylic acid groups (broad SMARTS) is 2. The minimum Gasteiger partial charge on any atom is -0.481 e. The topological polar surface area (TPSA) is 87.1 Å². The highest BCUT2D eigenvalue weighted by Gasteiger charge is 2.39. The molecule has 1 aliphatic carbocycles. The van der Waals surface area contributed by atoms with E-state index in [2.05, 4.69) is 0 Å². The van der Waals surface area contributed by atoms with Crippen LogP contribution in [-0.2, 0) is 14.3 Å². The fraction of sp³-hybridized carbons (Fsp3) is 0.833. The van der Waals surface area contributed by atoms with E-state index in [0.29, 0.717) is 25.0 Å². The highest BCUT2D eigenvalue weighted by atomic mass is 16.6. The van der Waals surface area contributed by atoms with Crippen LogP contribution in [0.3, 0.4) is 0 Å². The van der Waals surface area contributed by atoms with Gasteiger partial charge in [-0.15, -0.1) is 0 Å². The fourth-order valence-electron chi connectivity index (χ4n) is 1.93. The van der Waals surface area contributed by atoms with Crippen molar-refractivity contribution < 1.29 is 24.5 Å². The van der Waals surface area contributed by atoms with Gasteiger partial charge in [-0.25, -0.2) is 0 Å². The van der Waals surface area contributed by atoms with Crippen molar-refractivity contribution in [2.24, 2.45) is 0 Å². The van der Waals surface area contributed by atoms with Gasteiger partial charge in [-0.1, -0.05) is 12.8 Å². The van der Waals surface area contributed by atoms with Gasteiger partial charge in [-0.05, 0) is 25.7 Å². The molecular weight excluding hydrogens is 224 g/mol. The van der Waals surface area contributed by atoms with Crippen molar-refractivity contribution in [2.45, 2.75) is 63.6 Å². The molecule has 0 spiro atoms. The minimum atomic E-state index is -0.870. The molecule has 2 atom stereocenters. The zero-order chi connectivity index (χ0) is 12.7. The highest BCUT2D eigenvalue weighted by molar-refractivity contribution is 5.67. The van der Waals surface area contributed by atoms with E-state index in [-0.39, 0.29) is 12.8 Å². The summed E-state index contributed by atoms with van der Waals surface area (Å²) in [7, 11) is 0. The first-order valence-corrected chi connectivity index (χ1v) is 6.18. The number of carboxylic acids is 2. The van der Waals surface area contributed by atoms with E-state index in [4.69, 9.17) is 14.9 Å². The standard InChI is InChI=1S/C6H10O4.C6H10O/c7-5(8)3-1-2-4-6(9)10;1-2-4-6-5(3-1)7-6/h1-4H2,(H,7,8)(H,9,10);5-6H,1-4H2. The number of hydrogen-bond donors (Lipinski definition) is 2. The van der Waals surface area contributed by atoms with Crippen molar-refractivity contribution in [3.8, 4) is 0 Å². The van der Waals surface area contributed by atoms with Crippen molar-refractivity contribution in [1.82, 2.24) is 0 Å². The smallest absolute Gasteiger partial charge is 0.303 e. The van der Waals surface area contributed by atoms with Gasteiger partial charge in [0.2, 0.25) is 0 Å². The number of fused-ring (bicyclic) bond motifs is 1. The Hall–Kier alpha value is -1.10. The van der Waals surface area contributed by atoms with E-state index < -0.39 is 11.9 Å². The second kappa shape index (κ2) is 7.27. The predicted molar refractivity (Wildman–Crippen MR) is 60.9 cm³/mol. The number of unbranched alkanes of at least 4 members (excludes halogenated alkanes) is 1. The SMILES string of the molecule is C1CCC2OC2C1.O=C(O)CCCCC(=O)O. The van der Waals surface area contributed by atoms with Crippen molar-refractivity contribution in [3.05, 3.63) is 0 Å². The van der Waals surface area contributed by atoms with E-state index in [0.717, 1.165) is 0 Å². The summed E-state index contributed by atoms with van der Waals surface area (Å²) in [6.07, 6.45) is 7.91. The van der Waals surface area contributed by atoms with Gasteiger partial charge in [0, 0.05) is 12.8 Å². The lowest BCUT2D eigenvalue weighted by atomic mass is 10.0. The number of epoxide rings is 1. The molecule has 5 heteroatoms. The first-order chi connectivity index (χ1) is 8.09. The zero-order valence-corrected chi connectivity index (χ0v) is 9.93. The van der Waals surface area contributed by atoms with Crippen LogP contribution in [0.25, 0.3) is 0 Å². The maximum Gasteiger partial charge on any atom is 0.303 e. The molecule has 2 unspecified atom stereocenters. The second-order valence-electron chi connectivity index (χ2n) is 4.49. The van der Waals surface area contributed by atoms with E-state index in [1.807, 2.05) is 0 Å². The van der Waals surface area contributed by atoms with Gasteiger partial charge in [0.05, 0.1) is 12.2 Å². The number of rotatable bonds is 5. The summed E-state index contributed by atoms with van der Waals surface area (Å²) >= 11 is 0. The number of hydrogen-bond acceptors (Lipinski definition) is 3. The van der Waals surface area contributed by atoms with Crippen molar-refractivity contribution in [1.29, 1.82) is 0 Å². The number of carbonyl (C=O) groups is 2. The van der Waals surface area contributed by atoms with Crippen LogP contribution in [0.2, 0.25) is 0 Å². The van der Waals surface area contributed by atoms with E-state index in [1.54, 1.807) is 0 Å². The molecule has 1 heterocycles. The molecule has 2 fully saturated rings. The third-order valence-corrected chi connectivity index (χ3v) is 2.95. The van der Waals surface area contributed by atoms with Gasteiger partial charge < -0.3 is 14.9 Å². The molecule has 2 rings (SSSR count). The molecule has 98 valence electrons. The third kappa shape index (κ3) is 6.94. The molecule has 2 N–H and O–H groups in total. The summed E-state index contributed by atoms with van der Waals surface area (Å²) in [6, 6.07) is 0. The maximum atomic E-state index is 9.90. The van der Waals surface area contributed by atoms with Crippen LogP contribution in [-0.4, -0.2) is 34.4 Å². The Labute approximate surface area is 101 Å². The van der Waals surface area contributed by atoms with Crippen molar-refractivity contribution in [2.75, 3.05) is 0 Å². The van der Waals surface area contributed by atoms with Crippen molar-refractivity contribution >= 4 is 11.9 Å². The molecule has 0 bridgehead atoms. The van der Waals surface area contributed by atoms with E-state index in [1.165, 1.54) is 25.7 Å². The monoisotopic (exact) mass is 244 g/mol. The normalized spacial score (nSPS) is 25.2. The summed E-state index contributed by atoms with van der Waals surface area (Å²) in [5.74, 6) is -1.74. The molecule has 0 aromatic carbocycles. The Morgan fingerprint density at radius 1 is 0.941 bits per heavy atom. The molecule has 2 aliphatic rings. The molecule has 1 saturated heterocycles. The Morgan fingerprint density at radius 2 is 1.35 bits per heavy atom. The number of aliphatic carboxylic acids is 2. The molecule has 5 nitrogen and oxygen atoms in total. The van der Waals surface area contributed by atoms with Crippen LogP contribution in [0.4, 0.5) is 0 Å². The Kier molecular flexibility index (Phi) is 5.97. The zero-order valence-electron chi connectivity index (χ0n) is 9.93. The van der Waals surface area contributed by atoms with Gasteiger partial charge >= 0.3 is 11.9 Å². The van der Waals surface area contributed by atoms with Gasteiger partial charge in [0.25, 0.3) is 0 Å². The number of ether oxygens (including phenoxy) is 1. The summed E-state index contributed by atoms with van der Waals surface area (Å²) in [4.78, 5) is 19.8. The molecule has 0 radical (unpaired) electrons. The molecule has 1 saturated carbocycles. The lowest BCUT2D eigenvalue weighted by Gasteiger charge is -2.00. The van der Waals surface area contributed by atoms with Gasteiger partial charge in [-0.3, -0.25) is 9.59 Å². The average Bonchev–Trinajstić information content (AvgIpc) is 3.03. The minimum absolute atomic E-state index is 0.0628. The van der Waals surface area contributed by atoms with Gasteiger partial charge in [-0.2, -0.15) is 0 Å². The van der Waals surface area contributed by atoms with Crippen LogP contribution < -0.4 is 0 Å². The van der Waals surface area contributed by atoms with E-state index >= 15 is 0 Å². The van der Waals surface area contributed by atoms with E-state index in [9.17, 15) is 9.59 Å². The first-order valence-electron chi connectivity index (χ1n) is 6.18.